The lowest BCUT2D eigenvalue weighted by molar-refractivity contribution is 0.0946. The number of nitrogens with zero attached hydrogens (tertiary/aromatic N) is 3. The van der Waals surface area contributed by atoms with Crippen molar-refractivity contribution in [3.63, 3.8) is 0 Å². The Morgan fingerprint density at radius 1 is 1.53 bits per heavy atom. The Balaban J connectivity index is 2.06. The summed E-state index contributed by atoms with van der Waals surface area (Å²) >= 11 is 0. The molecule has 5 nitrogen and oxygen atoms in total. The lowest BCUT2D eigenvalue weighted by Crippen LogP contribution is -2.24. The molecule has 1 N–H and O–H groups in total. The molecule has 0 spiro atoms. The van der Waals surface area contributed by atoms with Crippen LogP contribution in [0.15, 0.2) is 24.5 Å². The zero-order chi connectivity index (χ0) is 13.8. The summed E-state index contributed by atoms with van der Waals surface area (Å²) in [5.74, 6) is -1.24. The Morgan fingerprint density at radius 2 is 2.32 bits per heavy atom. The number of amides is 1. The van der Waals surface area contributed by atoms with Crippen LogP contribution in [0.25, 0.3) is 0 Å². The van der Waals surface area contributed by atoms with Crippen LogP contribution in [0.5, 0.6) is 0 Å². The topological polar surface area (TPSA) is 59.8 Å². The quantitative estimate of drug-likeness (QED) is 0.848. The van der Waals surface area contributed by atoms with Gasteiger partial charge in [0.1, 0.15) is 0 Å². The second kappa shape index (κ2) is 5.60. The average molecular weight is 262 g/mol. The molecule has 0 radical (unpaired) electrons. The highest BCUT2D eigenvalue weighted by Crippen LogP contribution is 2.08. The molecule has 0 saturated heterocycles. The number of hydrogen-bond donors (Lipinski definition) is 1. The molecule has 0 aliphatic carbocycles. The number of carbonyl (C=O) groups is 1. The van der Waals surface area contributed by atoms with E-state index >= 15 is 0 Å². The van der Waals surface area contributed by atoms with Gasteiger partial charge >= 0.3 is 0 Å². The number of aromatic nitrogens is 3. The number of halogens is 1. The van der Waals surface area contributed by atoms with Gasteiger partial charge in [-0.05, 0) is 18.6 Å². The van der Waals surface area contributed by atoms with Crippen molar-refractivity contribution in [2.45, 2.75) is 19.9 Å². The van der Waals surface area contributed by atoms with Gasteiger partial charge in [0.2, 0.25) is 5.95 Å². The van der Waals surface area contributed by atoms with Crippen molar-refractivity contribution in [2.75, 3.05) is 0 Å². The molecule has 0 atom stereocenters. The molecular formula is C13H15FN4O. The molecule has 0 fully saturated rings. The maximum Gasteiger partial charge on any atom is 0.256 e. The van der Waals surface area contributed by atoms with Crippen LogP contribution in [0.2, 0.25) is 0 Å². The third-order valence-electron chi connectivity index (χ3n) is 2.77. The largest absolute Gasteiger partial charge is 0.348 e. The van der Waals surface area contributed by atoms with Gasteiger partial charge in [-0.2, -0.15) is 9.49 Å². The van der Waals surface area contributed by atoms with E-state index in [9.17, 15) is 9.18 Å². The van der Waals surface area contributed by atoms with Crippen molar-refractivity contribution >= 4 is 5.91 Å². The van der Waals surface area contributed by atoms with E-state index < -0.39 is 11.9 Å². The molecular weight excluding hydrogens is 247 g/mol. The first-order chi connectivity index (χ1) is 9.11. The van der Waals surface area contributed by atoms with E-state index in [0.717, 1.165) is 17.7 Å². The first-order valence-electron chi connectivity index (χ1n) is 6.02. The minimum Gasteiger partial charge on any atom is -0.348 e. The number of pyridine rings is 1. The number of aryl methyl sites for hydroxylation is 2. The second-order valence-electron chi connectivity index (χ2n) is 4.15. The van der Waals surface area contributed by atoms with E-state index in [1.807, 2.05) is 20.2 Å². The van der Waals surface area contributed by atoms with Crippen molar-refractivity contribution in [1.82, 2.24) is 20.1 Å². The summed E-state index contributed by atoms with van der Waals surface area (Å²) in [4.78, 5) is 15.3. The van der Waals surface area contributed by atoms with Gasteiger partial charge in [-0.15, -0.1) is 0 Å². The molecule has 0 bridgehead atoms. The Kier molecular flexibility index (Phi) is 3.89. The first kappa shape index (κ1) is 13.2. The summed E-state index contributed by atoms with van der Waals surface area (Å²) in [6.07, 6.45) is 3.94. The van der Waals surface area contributed by atoms with Crippen LogP contribution >= 0.6 is 0 Å². The Hall–Kier alpha value is -2.24. The predicted octanol–water partition coefficient (Wildman–Crippen LogP) is 1.45. The van der Waals surface area contributed by atoms with E-state index in [1.165, 1.54) is 18.3 Å². The Morgan fingerprint density at radius 3 is 3.00 bits per heavy atom. The second-order valence-corrected chi connectivity index (χ2v) is 4.15. The maximum absolute atomic E-state index is 13.3. The third-order valence-corrected chi connectivity index (χ3v) is 2.77. The number of hydrogen-bond acceptors (Lipinski definition) is 3. The summed E-state index contributed by atoms with van der Waals surface area (Å²) < 4.78 is 15.0. The monoisotopic (exact) mass is 262 g/mol. The molecule has 1 amide bonds. The van der Waals surface area contributed by atoms with Crippen molar-refractivity contribution in [3.8, 4) is 0 Å². The molecule has 2 heterocycles. The van der Waals surface area contributed by atoms with Crippen LogP contribution in [0.1, 0.15) is 28.5 Å². The molecule has 2 aromatic rings. The average Bonchev–Trinajstić information content (AvgIpc) is 2.77. The van der Waals surface area contributed by atoms with E-state index in [0.29, 0.717) is 6.54 Å². The van der Waals surface area contributed by atoms with Gasteiger partial charge < -0.3 is 5.32 Å². The van der Waals surface area contributed by atoms with Gasteiger partial charge in [0.05, 0.1) is 11.3 Å². The van der Waals surface area contributed by atoms with E-state index in [1.54, 1.807) is 4.68 Å². The summed E-state index contributed by atoms with van der Waals surface area (Å²) in [5, 5.41) is 6.95. The molecule has 0 aliphatic rings. The molecule has 2 aromatic heterocycles. The number of nitrogens with one attached hydrogen (secondary N) is 1. The minimum absolute atomic E-state index is 0.0514. The summed E-state index contributed by atoms with van der Waals surface area (Å²) in [7, 11) is 1.82. The van der Waals surface area contributed by atoms with Gasteiger partial charge in [0.15, 0.2) is 0 Å². The van der Waals surface area contributed by atoms with Gasteiger partial charge in [0, 0.05) is 31.5 Å². The third kappa shape index (κ3) is 2.96. The lowest BCUT2D eigenvalue weighted by atomic mass is 10.2. The molecule has 100 valence electrons. The highest BCUT2D eigenvalue weighted by atomic mass is 19.1. The number of carbonyl (C=O) groups excluding carboxylic acids is 1. The van der Waals surface area contributed by atoms with Gasteiger partial charge in [-0.25, -0.2) is 4.98 Å². The van der Waals surface area contributed by atoms with Crippen LogP contribution < -0.4 is 5.32 Å². The lowest BCUT2D eigenvalue weighted by Gasteiger charge is -2.05. The van der Waals surface area contributed by atoms with Gasteiger partial charge in [-0.1, -0.05) is 6.92 Å². The van der Waals surface area contributed by atoms with Crippen molar-refractivity contribution < 1.29 is 9.18 Å². The van der Waals surface area contributed by atoms with Gasteiger partial charge in [0.25, 0.3) is 5.91 Å². The zero-order valence-corrected chi connectivity index (χ0v) is 10.9. The van der Waals surface area contributed by atoms with Crippen molar-refractivity contribution in [2.24, 2.45) is 7.05 Å². The highest BCUT2D eigenvalue weighted by molar-refractivity contribution is 5.94. The molecule has 2 rings (SSSR count). The van der Waals surface area contributed by atoms with Crippen LogP contribution in [0, 0.1) is 5.95 Å². The summed E-state index contributed by atoms with van der Waals surface area (Å²) in [5.41, 5.74) is 1.81. The maximum atomic E-state index is 13.3. The van der Waals surface area contributed by atoms with E-state index in [2.05, 4.69) is 15.4 Å². The molecule has 0 aliphatic heterocycles. The number of rotatable bonds is 4. The Bertz CT molecular complexity index is 594. The fourth-order valence-corrected chi connectivity index (χ4v) is 1.86. The normalized spacial score (nSPS) is 10.5. The Labute approximate surface area is 110 Å². The zero-order valence-electron chi connectivity index (χ0n) is 10.9. The fraction of sp³-hybridized carbons (Fsp3) is 0.308. The molecule has 0 saturated carbocycles. The SMILES string of the molecule is CCc1nn(C)cc1CNC(=O)c1cccnc1F. The smallest absolute Gasteiger partial charge is 0.256 e. The van der Waals surface area contributed by atoms with Crippen molar-refractivity contribution in [1.29, 1.82) is 0 Å². The molecule has 0 aromatic carbocycles. The van der Waals surface area contributed by atoms with Crippen molar-refractivity contribution in [3.05, 3.63) is 47.3 Å². The first-order valence-corrected chi connectivity index (χ1v) is 6.02. The fourth-order valence-electron chi connectivity index (χ4n) is 1.86. The van der Waals surface area contributed by atoms with E-state index in [4.69, 9.17) is 0 Å². The summed E-state index contributed by atoms with van der Waals surface area (Å²) in [6.45, 7) is 2.32. The molecule has 19 heavy (non-hydrogen) atoms. The predicted molar refractivity (Wildman–Crippen MR) is 68.0 cm³/mol. The van der Waals surface area contributed by atoms with E-state index in [-0.39, 0.29) is 5.56 Å². The highest BCUT2D eigenvalue weighted by Gasteiger charge is 2.13. The summed E-state index contributed by atoms with van der Waals surface area (Å²) in [6, 6.07) is 2.93. The van der Waals surface area contributed by atoms with Crippen LogP contribution in [-0.2, 0) is 20.0 Å². The standard InChI is InChI=1S/C13H15FN4O/c1-3-11-9(8-18(2)17-11)7-16-13(19)10-5-4-6-15-12(10)14/h4-6,8H,3,7H2,1-2H3,(H,16,19). The molecule has 0 unspecified atom stereocenters. The van der Waals surface area contributed by atoms with Crippen LogP contribution in [0.4, 0.5) is 4.39 Å². The van der Waals surface area contributed by atoms with Crippen LogP contribution in [0.3, 0.4) is 0 Å². The van der Waals surface area contributed by atoms with Gasteiger partial charge in [-0.3, -0.25) is 9.48 Å². The van der Waals surface area contributed by atoms with Crippen LogP contribution in [-0.4, -0.2) is 20.7 Å². The molecule has 6 heteroatoms. The minimum atomic E-state index is -0.762.